The van der Waals surface area contributed by atoms with Gasteiger partial charge in [0.05, 0.1) is 41.8 Å². The number of rotatable bonds is 12. The van der Waals surface area contributed by atoms with E-state index in [4.69, 9.17) is 19.9 Å². The number of morpholine rings is 1. The van der Waals surface area contributed by atoms with Crippen LogP contribution in [-0.4, -0.2) is 112 Å². The zero-order chi connectivity index (χ0) is 52.2. The van der Waals surface area contributed by atoms with Gasteiger partial charge in [-0.05, 0) is 76.3 Å². The minimum Gasteiger partial charge on any atom is -0.491 e. The van der Waals surface area contributed by atoms with Gasteiger partial charge in [-0.25, -0.2) is 24.5 Å². The quantitative estimate of drug-likeness (QED) is 0.0622. The fourth-order valence-corrected chi connectivity index (χ4v) is 10.8. The normalized spacial score (nSPS) is 21.8. The third-order valence-corrected chi connectivity index (χ3v) is 14.0. The summed E-state index contributed by atoms with van der Waals surface area (Å²) in [4.78, 5) is 101. The number of piperazine rings is 1. The second-order valence-electron chi connectivity index (χ2n) is 18.1. The van der Waals surface area contributed by atoms with E-state index in [2.05, 4.69) is 27.1 Å². The van der Waals surface area contributed by atoms with Gasteiger partial charge in [0, 0.05) is 56.3 Å². The molecule has 380 valence electrons. The number of urea groups is 1. The number of aromatic nitrogens is 2. The van der Waals surface area contributed by atoms with Gasteiger partial charge in [-0.15, -0.1) is 0 Å². The molecule has 20 nitrogen and oxygen atoms in total. The Labute approximate surface area is 429 Å². The predicted molar refractivity (Wildman–Crippen MR) is 270 cm³/mol. The average Bonchev–Trinajstić information content (AvgIpc) is 3.98. The van der Waals surface area contributed by atoms with Crippen molar-refractivity contribution in [3.63, 3.8) is 0 Å². The van der Waals surface area contributed by atoms with Gasteiger partial charge in [0.25, 0.3) is 5.69 Å². The topological polar surface area (TPSA) is 253 Å². The number of primary amides is 1. The number of hydrogen-bond acceptors (Lipinski definition) is 15. The van der Waals surface area contributed by atoms with Gasteiger partial charge in [0.15, 0.2) is 0 Å². The Morgan fingerprint density at radius 3 is 2.17 bits per heavy atom. The molecule has 0 bridgehead atoms. The number of nitro groups is 1. The molecular weight excluding hydrogens is 963 g/mol. The van der Waals surface area contributed by atoms with Gasteiger partial charge in [-0.1, -0.05) is 84.6 Å². The van der Waals surface area contributed by atoms with Crippen molar-refractivity contribution >= 4 is 47.2 Å². The molecule has 20 heteroatoms. The molecule has 4 aliphatic rings. The summed E-state index contributed by atoms with van der Waals surface area (Å²) in [6.07, 6.45) is 1.15. The molecule has 0 radical (unpaired) electrons. The molecule has 5 heterocycles. The molecule has 5 amide bonds. The number of nitrogens with zero attached hydrogens (tertiary/aromatic N) is 7. The van der Waals surface area contributed by atoms with Crippen LogP contribution in [0.25, 0.3) is 0 Å². The lowest BCUT2D eigenvalue weighted by Gasteiger charge is -2.46. The number of carbonyl (C=O) groups excluding carboxylic acids is 5. The monoisotopic (exact) mass is 1010 g/mol. The number of cyclic esters (lactones) is 1. The maximum atomic E-state index is 16.7. The number of nitrogens with one attached hydrogen (secondary N) is 1. The summed E-state index contributed by atoms with van der Waals surface area (Å²) in [5, 5.41) is 23.5. The Hall–Kier alpha value is -9.19. The lowest BCUT2D eigenvalue weighted by atomic mass is 9.65. The van der Waals surface area contributed by atoms with E-state index in [0.717, 1.165) is 4.90 Å². The SMILES string of the molecule is NC(=O)NCC#Cc1ccc2c(c1)C1(C(=O)N2C(=O)OCc2ccc([N+](=O)[O-])cc2)C(C(=O)N2CCN(c3ncccn3)CC2)C2C(=O)OC(c3ccccc3)C(c3ccccc3)N2C1c1ccc(OCCO)cc1. The van der Waals surface area contributed by atoms with Gasteiger partial charge in [0.2, 0.25) is 17.8 Å². The van der Waals surface area contributed by atoms with Crippen LogP contribution in [0.15, 0.2) is 146 Å². The number of amides is 5. The summed E-state index contributed by atoms with van der Waals surface area (Å²) < 4.78 is 18.3. The first-order valence-corrected chi connectivity index (χ1v) is 24.1. The largest absolute Gasteiger partial charge is 0.491 e. The molecule has 4 aliphatic heterocycles. The van der Waals surface area contributed by atoms with Gasteiger partial charge >= 0.3 is 18.1 Å². The minimum atomic E-state index is -2.16. The van der Waals surface area contributed by atoms with E-state index >= 15 is 14.4 Å². The molecule has 6 atom stereocenters. The third kappa shape index (κ3) is 9.30. The van der Waals surface area contributed by atoms with E-state index in [1.165, 1.54) is 30.3 Å². The molecule has 75 heavy (non-hydrogen) atoms. The number of aliphatic hydroxyl groups is 1. The average molecular weight is 1010 g/mol. The van der Waals surface area contributed by atoms with Gasteiger partial charge in [0.1, 0.15) is 36.5 Å². The van der Waals surface area contributed by atoms with Crippen LogP contribution in [-0.2, 0) is 35.9 Å². The molecule has 10 rings (SSSR count). The zero-order valence-electron chi connectivity index (χ0n) is 40.1. The zero-order valence-corrected chi connectivity index (χ0v) is 40.1. The number of carbonyl (C=O) groups is 5. The highest BCUT2D eigenvalue weighted by Gasteiger charge is 2.76. The number of nitrogens with two attached hydrogens (primary N) is 1. The predicted octanol–water partition coefficient (Wildman–Crippen LogP) is 5.13. The van der Waals surface area contributed by atoms with Crippen LogP contribution in [0.4, 0.5) is 26.9 Å². The van der Waals surface area contributed by atoms with E-state index in [-0.39, 0.29) is 49.8 Å². The highest BCUT2D eigenvalue weighted by atomic mass is 16.6. The van der Waals surface area contributed by atoms with Crippen molar-refractivity contribution in [2.45, 2.75) is 36.3 Å². The Morgan fingerprint density at radius 1 is 0.840 bits per heavy atom. The van der Waals surface area contributed by atoms with Crippen molar-refractivity contribution < 1.29 is 48.2 Å². The maximum Gasteiger partial charge on any atom is 0.421 e. The molecular formula is C55H49N9O11. The number of non-ortho nitro benzene ring substituents is 1. The maximum absolute atomic E-state index is 16.7. The van der Waals surface area contributed by atoms with Crippen LogP contribution in [0.1, 0.15) is 51.6 Å². The van der Waals surface area contributed by atoms with Gasteiger partial charge in [-0.3, -0.25) is 29.4 Å². The highest BCUT2D eigenvalue weighted by Crippen LogP contribution is 2.66. The number of fused-ring (bicyclic) bond motifs is 3. The van der Waals surface area contributed by atoms with E-state index in [9.17, 15) is 24.8 Å². The summed E-state index contributed by atoms with van der Waals surface area (Å²) in [5.74, 6) is 2.95. The van der Waals surface area contributed by atoms with Crippen LogP contribution in [0, 0.1) is 27.9 Å². The Bertz CT molecular complexity index is 3190. The number of esters is 1. The standard InChI is InChI=1S/C55H49N9O11/c56-52(69)57-24-7-9-35-16-23-43-42(33-35)55(51(68)62(43)54(70)74-34-36-14-19-40(20-15-36)64(71)72)44(49(66)60-27-29-61(30-28-60)53-58-25-8-26-59-53)46-50(67)75-47(38-12-5-2-6-13-38)45(37-10-3-1-4-11-37)63(46)48(55)39-17-21-41(22-18-39)73-32-31-65/h1-6,8,10-23,25-26,33,44-48,65H,24,27-32,34H2,(H3,56,57,69). The summed E-state index contributed by atoms with van der Waals surface area (Å²) in [5.41, 5.74) is 5.76. The van der Waals surface area contributed by atoms with Crippen LogP contribution in [0.3, 0.4) is 0 Å². The van der Waals surface area contributed by atoms with Crippen LogP contribution in [0.5, 0.6) is 5.75 Å². The molecule has 5 aromatic carbocycles. The second kappa shape index (κ2) is 21.1. The molecule has 1 spiro atoms. The molecule has 0 aliphatic carbocycles. The smallest absolute Gasteiger partial charge is 0.421 e. The number of aliphatic hydroxyl groups excluding tert-OH is 1. The van der Waals surface area contributed by atoms with Crippen molar-refractivity contribution in [2.24, 2.45) is 11.7 Å². The fraction of sp³-hybridized carbons (Fsp3) is 0.255. The number of anilines is 2. The van der Waals surface area contributed by atoms with Crippen molar-refractivity contribution in [3.8, 4) is 17.6 Å². The summed E-state index contributed by atoms with van der Waals surface area (Å²) in [6.45, 7) is 0.0973. The first-order valence-electron chi connectivity index (χ1n) is 24.1. The molecule has 3 saturated heterocycles. The summed E-state index contributed by atoms with van der Waals surface area (Å²) >= 11 is 0. The Balaban J connectivity index is 1.21. The van der Waals surface area contributed by atoms with Crippen LogP contribution >= 0.6 is 0 Å². The molecule has 4 N–H and O–H groups in total. The van der Waals surface area contributed by atoms with Gasteiger partial charge < -0.3 is 40.2 Å². The number of hydrogen-bond donors (Lipinski definition) is 3. The third-order valence-electron chi connectivity index (χ3n) is 14.0. The lowest BCUT2D eigenvalue weighted by Crippen LogP contribution is -2.59. The van der Waals surface area contributed by atoms with Crippen LogP contribution in [0.2, 0.25) is 0 Å². The molecule has 0 saturated carbocycles. The highest BCUT2D eigenvalue weighted by molar-refractivity contribution is 6.23. The fourth-order valence-electron chi connectivity index (χ4n) is 10.8. The van der Waals surface area contributed by atoms with E-state index < -0.39 is 77.0 Å². The lowest BCUT2D eigenvalue weighted by molar-refractivity contribution is -0.384. The van der Waals surface area contributed by atoms with E-state index in [0.29, 0.717) is 52.6 Å². The number of benzene rings is 5. The first-order chi connectivity index (χ1) is 36.5. The van der Waals surface area contributed by atoms with Crippen molar-refractivity contribution in [3.05, 3.63) is 189 Å². The second-order valence-corrected chi connectivity index (χ2v) is 18.1. The number of imide groups is 1. The molecule has 6 unspecified atom stereocenters. The summed E-state index contributed by atoms with van der Waals surface area (Å²) in [6, 6.07) is 32.8. The molecule has 3 fully saturated rings. The Morgan fingerprint density at radius 2 is 1.52 bits per heavy atom. The van der Waals surface area contributed by atoms with Crippen molar-refractivity contribution in [2.75, 3.05) is 55.7 Å². The van der Waals surface area contributed by atoms with Crippen molar-refractivity contribution in [1.82, 2.24) is 25.1 Å². The molecule has 1 aromatic heterocycles. The number of ether oxygens (including phenoxy) is 3. The van der Waals surface area contributed by atoms with Crippen LogP contribution < -0.4 is 25.6 Å². The van der Waals surface area contributed by atoms with E-state index in [1.807, 2.05) is 70.5 Å². The number of nitro benzene ring substituents is 1. The Kier molecular flexibility index (Phi) is 13.9. The molecule has 6 aromatic rings. The first kappa shape index (κ1) is 49.4. The minimum absolute atomic E-state index is 0.0105. The summed E-state index contributed by atoms with van der Waals surface area (Å²) in [7, 11) is 0. The van der Waals surface area contributed by atoms with Gasteiger partial charge in [-0.2, -0.15) is 0 Å². The van der Waals surface area contributed by atoms with Crippen molar-refractivity contribution in [1.29, 1.82) is 0 Å². The van der Waals surface area contributed by atoms with E-state index in [1.54, 1.807) is 59.8 Å².